The molecular formula is C6H6N6O9Zr3. The molecule has 0 unspecified atom stereocenters. The van der Waals surface area contributed by atoms with Crippen LogP contribution in [0.5, 0.6) is 36.1 Å². The van der Waals surface area contributed by atoms with Crippen molar-refractivity contribution >= 4 is 0 Å². The average Bonchev–Trinajstić information content (AvgIpc) is 2.51. The van der Waals surface area contributed by atoms with Crippen LogP contribution in [-0.4, -0.2) is 60.5 Å². The van der Waals surface area contributed by atoms with E-state index in [4.69, 9.17) is 39.1 Å². The van der Waals surface area contributed by atoms with Gasteiger partial charge in [0.1, 0.15) is 0 Å². The minimum absolute atomic E-state index is 0.300. The summed E-state index contributed by atoms with van der Waals surface area (Å²) < 4.78 is 25.0. The molecule has 0 aliphatic heterocycles. The fraction of sp³-hybridized carbons (Fsp3) is 0. The Kier molecular flexibility index (Phi) is 21.0. The summed E-state index contributed by atoms with van der Waals surface area (Å²) in [7, 11) is 0. The second-order valence-corrected chi connectivity index (χ2v) is 2.47. The Balaban J connectivity index is -0.000000281. The fourth-order valence-corrected chi connectivity index (χ4v) is 0.687. The zero-order valence-corrected chi connectivity index (χ0v) is 18.5. The summed E-state index contributed by atoms with van der Waals surface area (Å²) in [5.41, 5.74) is 0. The van der Waals surface area contributed by atoms with Crippen LogP contribution in [0.25, 0.3) is 0 Å². The van der Waals surface area contributed by atoms with Gasteiger partial charge in [0.25, 0.3) is 0 Å². The monoisotopic (exact) mass is 576 g/mol. The number of aromatic hydroxyl groups is 6. The molecule has 2 aromatic rings. The van der Waals surface area contributed by atoms with E-state index in [1.807, 2.05) is 0 Å². The SMILES string of the molecule is Oc1nc(O)nc(O)n1.Oc1nc(O)nc(O)n1.[O]=[Zr].[O]=[Zr].[O]=[Zr]. The topological polar surface area (TPSA) is 250 Å². The van der Waals surface area contributed by atoms with Crippen molar-refractivity contribution in [1.29, 1.82) is 0 Å². The Labute approximate surface area is 177 Å². The van der Waals surface area contributed by atoms with Gasteiger partial charge in [-0.3, -0.25) is 0 Å². The summed E-state index contributed by atoms with van der Waals surface area (Å²) >= 11 is 0.900. The van der Waals surface area contributed by atoms with Crippen LogP contribution in [0.4, 0.5) is 0 Å². The normalized spacial score (nSPS) is 7.38. The van der Waals surface area contributed by atoms with Gasteiger partial charge in [0, 0.05) is 0 Å². The van der Waals surface area contributed by atoms with Crippen LogP contribution in [-0.2, 0) is 82.6 Å². The first-order valence-electron chi connectivity index (χ1n) is 4.64. The fourth-order valence-electron chi connectivity index (χ4n) is 0.687. The third-order valence-corrected chi connectivity index (χ3v) is 1.20. The molecule has 0 saturated heterocycles. The molecule has 0 bridgehead atoms. The number of hydrogen-bond donors (Lipinski definition) is 6. The van der Waals surface area contributed by atoms with Crippen LogP contribution >= 0.6 is 0 Å². The van der Waals surface area contributed by atoms with Gasteiger partial charge in [0.2, 0.25) is 0 Å². The van der Waals surface area contributed by atoms with Crippen molar-refractivity contribution in [2.45, 2.75) is 0 Å². The quantitative estimate of drug-likeness (QED) is 0.190. The molecule has 2 aromatic heterocycles. The maximum absolute atomic E-state index is 8.41. The molecule has 0 aromatic carbocycles. The summed E-state index contributed by atoms with van der Waals surface area (Å²) in [5, 5.41) is 50.5. The summed E-state index contributed by atoms with van der Waals surface area (Å²) in [6.45, 7) is 0. The Morgan fingerprint density at radius 2 is 0.458 bits per heavy atom. The van der Waals surface area contributed by atoms with Crippen molar-refractivity contribution in [2.75, 3.05) is 0 Å². The molecule has 2 rings (SSSR count). The van der Waals surface area contributed by atoms with Crippen LogP contribution in [0.3, 0.4) is 0 Å². The van der Waals surface area contributed by atoms with Crippen molar-refractivity contribution in [1.82, 2.24) is 29.9 Å². The molecular weight excluding hydrogens is 574 g/mol. The molecule has 18 heteroatoms. The molecule has 0 aliphatic carbocycles. The van der Waals surface area contributed by atoms with E-state index in [0.29, 0.717) is 74.2 Å². The molecule has 15 nitrogen and oxygen atoms in total. The second-order valence-electron chi connectivity index (χ2n) is 2.47. The van der Waals surface area contributed by atoms with Gasteiger partial charge in [-0.05, 0) is 0 Å². The van der Waals surface area contributed by atoms with E-state index in [9.17, 15) is 0 Å². The van der Waals surface area contributed by atoms with E-state index >= 15 is 0 Å². The summed E-state index contributed by atoms with van der Waals surface area (Å²) in [6, 6.07) is -4.25. The predicted molar refractivity (Wildman–Crippen MR) is 51.7 cm³/mol. The van der Waals surface area contributed by atoms with Crippen LogP contribution in [0, 0.1) is 0 Å². The van der Waals surface area contributed by atoms with Crippen molar-refractivity contribution < 1.29 is 113 Å². The predicted octanol–water partition coefficient (Wildman–Crippen LogP) is -2.39. The zero-order valence-electron chi connectivity index (χ0n) is 11.1. The molecule has 24 heavy (non-hydrogen) atoms. The van der Waals surface area contributed by atoms with Crippen LogP contribution < -0.4 is 0 Å². The molecule has 6 N–H and O–H groups in total. The van der Waals surface area contributed by atoms with E-state index < -0.39 is 36.1 Å². The van der Waals surface area contributed by atoms with Crippen molar-refractivity contribution in [2.24, 2.45) is 0 Å². The van der Waals surface area contributed by atoms with Crippen LogP contribution in [0.15, 0.2) is 0 Å². The van der Waals surface area contributed by atoms with E-state index in [2.05, 4.69) is 29.9 Å². The van der Waals surface area contributed by atoms with Gasteiger partial charge >= 0.3 is 119 Å². The standard InChI is InChI=1S/2C3H3N3O3.3O.3Zr/c2*7-1-4-2(8)6-3(9)5-1;;;;;;/h2*(H3,4,5,6,7,8,9);;;;;;. The van der Waals surface area contributed by atoms with Gasteiger partial charge < -0.3 is 30.6 Å². The minimum atomic E-state index is -0.708. The van der Waals surface area contributed by atoms with E-state index in [0.717, 1.165) is 0 Å². The number of rotatable bonds is 0. The van der Waals surface area contributed by atoms with E-state index in [1.54, 1.807) is 0 Å². The number of nitrogens with zero attached hydrogens (tertiary/aromatic N) is 6. The van der Waals surface area contributed by atoms with Gasteiger partial charge in [-0.2, -0.15) is 0 Å². The molecule has 0 fully saturated rings. The summed E-state index contributed by atoms with van der Waals surface area (Å²) in [4.78, 5) is 17.8. The Hall–Kier alpha value is -1.13. The van der Waals surface area contributed by atoms with Crippen molar-refractivity contribution in [3.8, 4) is 36.1 Å². The van der Waals surface area contributed by atoms with Crippen LogP contribution in [0.2, 0.25) is 0 Å². The Morgan fingerprint density at radius 3 is 0.542 bits per heavy atom. The molecule has 0 aliphatic rings. The maximum atomic E-state index is 8.41. The first kappa shape index (κ1) is 27.7. The summed E-state index contributed by atoms with van der Waals surface area (Å²) in [6.07, 6.45) is 0. The summed E-state index contributed by atoms with van der Waals surface area (Å²) in [5.74, 6) is 0. The van der Waals surface area contributed by atoms with Gasteiger partial charge in [0.15, 0.2) is 0 Å². The molecule has 126 valence electrons. The van der Waals surface area contributed by atoms with Crippen molar-refractivity contribution in [3.63, 3.8) is 0 Å². The average molecular weight is 580 g/mol. The Bertz CT molecular complexity index is 455. The third kappa shape index (κ3) is 15.8. The van der Waals surface area contributed by atoms with Crippen LogP contribution in [0.1, 0.15) is 0 Å². The second kappa shape index (κ2) is 18.2. The molecule has 0 spiro atoms. The first-order chi connectivity index (χ1) is 11.4. The number of hydrogen-bond acceptors (Lipinski definition) is 15. The Morgan fingerprint density at radius 1 is 0.375 bits per heavy atom. The van der Waals surface area contributed by atoms with Gasteiger partial charge in [0.05, 0.1) is 0 Å². The molecule has 0 saturated carbocycles. The molecule has 0 radical (unpaired) electrons. The van der Waals surface area contributed by atoms with E-state index in [1.165, 1.54) is 0 Å². The first-order valence-corrected chi connectivity index (χ1v) is 7.65. The van der Waals surface area contributed by atoms with E-state index in [-0.39, 0.29) is 0 Å². The van der Waals surface area contributed by atoms with Gasteiger partial charge in [-0.15, -0.1) is 29.9 Å². The number of aromatic nitrogens is 6. The molecule has 0 atom stereocenters. The van der Waals surface area contributed by atoms with Crippen molar-refractivity contribution in [3.05, 3.63) is 0 Å². The third-order valence-electron chi connectivity index (χ3n) is 1.20. The van der Waals surface area contributed by atoms with Gasteiger partial charge in [-0.25, -0.2) is 0 Å². The van der Waals surface area contributed by atoms with Gasteiger partial charge in [-0.1, -0.05) is 0 Å². The molecule has 0 amide bonds. The molecule has 2 heterocycles. The zero-order chi connectivity index (χ0) is 19.7.